The molecule has 2 aromatic carbocycles. The molecule has 2 N–H and O–H groups in total. The van der Waals surface area contributed by atoms with Gasteiger partial charge in [0.2, 0.25) is 10.0 Å². The molecular formula is C19H24N6O4S. The summed E-state index contributed by atoms with van der Waals surface area (Å²) in [5, 5.41) is 13.6. The van der Waals surface area contributed by atoms with E-state index in [4.69, 9.17) is 4.74 Å². The molecule has 2 amide bonds. The Balaban J connectivity index is 1.62. The van der Waals surface area contributed by atoms with Crippen LogP contribution >= 0.6 is 0 Å². The van der Waals surface area contributed by atoms with Gasteiger partial charge in [0, 0.05) is 20.6 Å². The Bertz CT molecular complexity index is 1140. The first kappa shape index (κ1) is 21.5. The van der Waals surface area contributed by atoms with Gasteiger partial charge in [0.25, 0.3) is 0 Å². The van der Waals surface area contributed by atoms with Crippen molar-refractivity contribution in [1.82, 2.24) is 24.6 Å². The van der Waals surface area contributed by atoms with Gasteiger partial charge in [-0.3, -0.25) is 0 Å². The van der Waals surface area contributed by atoms with Crippen molar-refractivity contribution >= 4 is 32.8 Å². The van der Waals surface area contributed by atoms with Crippen LogP contribution in [-0.4, -0.2) is 61.0 Å². The van der Waals surface area contributed by atoms with Crippen LogP contribution in [-0.2, 0) is 16.6 Å². The first-order valence-electron chi connectivity index (χ1n) is 9.35. The summed E-state index contributed by atoms with van der Waals surface area (Å²) in [5.41, 5.74) is 1.72. The highest BCUT2D eigenvalue weighted by Crippen LogP contribution is 2.23. The number of hydrogen-bond acceptors (Lipinski definition) is 6. The minimum atomic E-state index is -3.54. The number of sulfonamides is 1. The van der Waals surface area contributed by atoms with Gasteiger partial charge in [-0.05, 0) is 37.3 Å². The number of amides is 2. The number of fused-ring (bicyclic) bond motifs is 1. The molecule has 160 valence electrons. The molecule has 0 saturated heterocycles. The zero-order valence-electron chi connectivity index (χ0n) is 17.0. The van der Waals surface area contributed by atoms with E-state index in [2.05, 4.69) is 20.9 Å². The molecule has 0 unspecified atom stereocenters. The number of anilines is 1. The van der Waals surface area contributed by atoms with E-state index in [0.717, 1.165) is 4.31 Å². The zero-order chi connectivity index (χ0) is 21.7. The lowest BCUT2D eigenvalue weighted by Gasteiger charge is -2.12. The van der Waals surface area contributed by atoms with Gasteiger partial charge in [0.1, 0.15) is 11.3 Å². The second-order valence-electron chi connectivity index (χ2n) is 6.56. The van der Waals surface area contributed by atoms with E-state index in [-0.39, 0.29) is 10.9 Å². The van der Waals surface area contributed by atoms with E-state index >= 15 is 0 Å². The van der Waals surface area contributed by atoms with Gasteiger partial charge in [-0.15, -0.1) is 5.10 Å². The number of urea groups is 1. The molecule has 0 atom stereocenters. The topological polar surface area (TPSA) is 118 Å². The zero-order valence-corrected chi connectivity index (χ0v) is 17.8. The number of nitrogens with one attached hydrogen (secondary N) is 2. The number of rotatable bonds is 8. The Morgan fingerprint density at radius 3 is 2.70 bits per heavy atom. The second kappa shape index (κ2) is 9.09. The molecule has 3 rings (SSSR count). The van der Waals surface area contributed by atoms with Crippen LogP contribution in [0.4, 0.5) is 10.5 Å². The van der Waals surface area contributed by atoms with Crippen LogP contribution in [0.1, 0.15) is 6.92 Å². The molecule has 1 aromatic heterocycles. The van der Waals surface area contributed by atoms with Crippen LogP contribution < -0.4 is 15.4 Å². The summed E-state index contributed by atoms with van der Waals surface area (Å²) in [4.78, 5) is 12.3. The summed E-state index contributed by atoms with van der Waals surface area (Å²) in [6.45, 7) is 3.05. The van der Waals surface area contributed by atoms with Crippen molar-refractivity contribution in [2.75, 3.05) is 32.6 Å². The van der Waals surface area contributed by atoms with Crippen LogP contribution in [0.15, 0.2) is 47.4 Å². The molecule has 30 heavy (non-hydrogen) atoms. The molecule has 0 saturated carbocycles. The quantitative estimate of drug-likeness (QED) is 0.561. The minimum absolute atomic E-state index is 0.150. The number of carbonyl (C=O) groups excluding carboxylic acids is 1. The fraction of sp³-hybridized carbons (Fsp3) is 0.316. The summed E-state index contributed by atoms with van der Waals surface area (Å²) in [6, 6.07) is 11.5. The number of aromatic nitrogens is 3. The van der Waals surface area contributed by atoms with Gasteiger partial charge in [-0.2, -0.15) is 0 Å². The SMILES string of the molecule is CCOc1ccccc1NC(=O)NCCn1nnc2cc(S(=O)(=O)N(C)C)ccc21. The van der Waals surface area contributed by atoms with Crippen LogP contribution in [0.3, 0.4) is 0 Å². The van der Waals surface area contributed by atoms with Gasteiger partial charge in [-0.1, -0.05) is 17.3 Å². The number of ether oxygens (including phenoxy) is 1. The van der Waals surface area contributed by atoms with Crippen molar-refractivity contribution in [2.24, 2.45) is 0 Å². The van der Waals surface area contributed by atoms with Crippen LogP contribution in [0, 0.1) is 0 Å². The second-order valence-corrected chi connectivity index (χ2v) is 8.71. The van der Waals surface area contributed by atoms with Gasteiger partial charge < -0.3 is 15.4 Å². The molecule has 11 heteroatoms. The van der Waals surface area contributed by atoms with E-state index in [1.165, 1.54) is 26.2 Å². The molecule has 0 aliphatic rings. The van der Waals surface area contributed by atoms with E-state index < -0.39 is 10.0 Å². The molecular weight excluding hydrogens is 408 g/mol. The molecule has 3 aromatic rings. The fourth-order valence-corrected chi connectivity index (χ4v) is 3.70. The van der Waals surface area contributed by atoms with Crippen molar-refractivity contribution in [3.05, 3.63) is 42.5 Å². The lowest BCUT2D eigenvalue weighted by molar-refractivity contribution is 0.251. The number of nitrogens with zero attached hydrogens (tertiary/aromatic N) is 4. The molecule has 0 fully saturated rings. The van der Waals surface area contributed by atoms with Gasteiger partial charge >= 0.3 is 6.03 Å². The summed E-state index contributed by atoms with van der Waals surface area (Å²) < 4.78 is 32.7. The smallest absolute Gasteiger partial charge is 0.319 e. The lowest BCUT2D eigenvalue weighted by atomic mass is 10.3. The molecule has 0 radical (unpaired) electrons. The summed E-state index contributed by atoms with van der Waals surface area (Å²) in [5.74, 6) is 0.598. The molecule has 0 aliphatic carbocycles. The highest BCUT2D eigenvalue weighted by Gasteiger charge is 2.18. The van der Waals surface area contributed by atoms with Crippen LogP contribution in [0.25, 0.3) is 11.0 Å². The van der Waals surface area contributed by atoms with Crippen molar-refractivity contribution in [1.29, 1.82) is 0 Å². The summed E-state index contributed by atoms with van der Waals surface area (Å²) >= 11 is 0. The highest BCUT2D eigenvalue weighted by atomic mass is 32.2. The summed E-state index contributed by atoms with van der Waals surface area (Å²) in [6.07, 6.45) is 0. The van der Waals surface area contributed by atoms with Crippen molar-refractivity contribution in [2.45, 2.75) is 18.4 Å². The molecule has 0 spiro atoms. The monoisotopic (exact) mass is 432 g/mol. The van der Waals surface area contributed by atoms with Crippen LogP contribution in [0.2, 0.25) is 0 Å². The third kappa shape index (κ3) is 4.69. The highest BCUT2D eigenvalue weighted by molar-refractivity contribution is 7.89. The first-order chi connectivity index (χ1) is 14.3. The Morgan fingerprint density at radius 2 is 1.97 bits per heavy atom. The minimum Gasteiger partial charge on any atom is -0.492 e. The predicted octanol–water partition coefficient (Wildman–Crippen LogP) is 1.90. The van der Waals surface area contributed by atoms with Crippen molar-refractivity contribution in [3.63, 3.8) is 0 Å². The number of para-hydroxylation sites is 2. The van der Waals surface area contributed by atoms with Gasteiger partial charge in [-0.25, -0.2) is 22.2 Å². The number of hydrogen-bond donors (Lipinski definition) is 2. The Morgan fingerprint density at radius 1 is 1.20 bits per heavy atom. The maximum absolute atomic E-state index is 12.3. The van der Waals surface area contributed by atoms with E-state index in [9.17, 15) is 13.2 Å². The van der Waals surface area contributed by atoms with Gasteiger partial charge in [0.05, 0.1) is 29.3 Å². The Kier molecular flexibility index (Phi) is 6.53. The molecule has 0 bridgehead atoms. The normalized spacial score (nSPS) is 11.6. The van der Waals surface area contributed by atoms with E-state index in [1.54, 1.807) is 22.9 Å². The predicted molar refractivity (Wildman–Crippen MR) is 113 cm³/mol. The summed E-state index contributed by atoms with van der Waals surface area (Å²) in [7, 11) is -0.600. The largest absolute Gasteiger partial charge is 0.492 e. The molecule has 0 aliphatic heterocycles. The van der Waals surface area contributed by atoms with E-state index in [1.807, 2.05) is 19.1 Å². The lowest BCUT2D eigenvalue weighted by Crippen LogP contribution is -2.31. The number of carbonyl (C=O) groups is 1. The molecule has 10 nitrogen and oxygen atoms in total. The van der Waals surface area contributed by atoms with Crippen molar-refractivity contribution in [3.8, 4) is 5.75 Å². The fourth-order valence-electron chi connectivity index (χ4n) is 2.78. The number of benzene rings is 2. The first-order valence-corrected chi connectivity index (χ1v) is 10.8. The Hall–Kier alpha value is -3.18. The standard InChI is InChI=1S/C19H24N6O4S/c1-4-29-18-8-6-5-7-15(18)21-19(26)20-11-12-25-17-10-9-14(13-16(17)22-23-25)30(27,28)24(2)3/h5-10,13H,4,11-12H2,1-3H3,(H2,20,21,26). The average molecular weight is 433 g/mol. The van der Waals surface area contributed by atoms with E-state index in [0.29, 0.717) is 42.2 Å². The van der Waals surface area contributed by atoms with Crippen molar-refractivity contribution < 1.29 is 17.9 Å². The third-order valence-corrected chi connectivity index (χ3v) is 6.12. The Labute approximate surface area is 174 Å². The van der Waals surface area contributed by atoms with Crippen LogP contribution in [0.5, 0.6) is 5.75 Å². The average Bonchev–Trinajstić information content (AvgIpc) is 3.12. The molecule has 1 heterocycles. The maximum Gasteiger partial charge on any atom is 0.319 e. The third-order valence-electron chi connectivity index (χ3n) is 4.31. The maximum atomic E-state index is 12.3. The van der Waals surface area contributed by atoms with Gasteiger partial charge in [0.15, 0.2) is 0 Å².